The summed E-state index contributed by atoms with van der Waals surface area (Å²) in [4.78, 5) is 13.8. The first-order valence-corrected chi connectivity index (χ1v) is 6.40. The lowest BCUT2D eigenvalue weighted by atomic mass is 10.1. The number of benzene rings is 2. The van der Waals surface area contributed by atoms with E-state index in [0.717, 1.165) is 4.47 Å². The molecule has 3 N–H and O–H groups in total. The predicted octanol–water partition coefficient (Wildman–Crippen LogP) is 3.01. The number of nitrogens with two attached hydrogens (primary N) is 1. The molecule has 0 bridgehead atoms. The van der Waals surface area contributed by atoms with Crippen LogP contribution in [0.5, 0.6) is 5.75 Å². The summed E-state index contributed by atoms with van der Waals surface area (Å²) >= 11 is 3.31. The third-order valence-corrected chi connectivity index (χ3v) is 3.15. The SMILES string of the molecule is CN(C(=O)c1cc(N)cc(Br)c1)c1cccc(O)c1. The molecule has 0 radical (unpaired) electrons. The fourth-order valence-electron chi connectivity index (χ4n) is 1.75. The highest BCUT2D eigenvalue weighted by Gasteiger charge is 2.14. The summed E-state index contributed by atoms with van der Waals surface area (Å²) in [5.41, 5.74) is 7.33. The number of carbonyl (C=O) groups is 1. The molecule has 98 valence electrons. The fourth-order valence-corrected chi connectivity index (χ4v) is 2.26. The van der Waals surface area contributed by atoms with Crippen LogP contribution in [0.15, 0.2) is 46.9 Å². The van der Waals surface area contributed by atoms with Crippen LogP contribution in [0.3, 0.4) is 0 Å². The van der Waals surface area contributed by atoms with Crippen LogP contribution in [0.4, 0.5) is 11.4 Å². The lowest BCUT2D eigenvalue weighted by molar-refractivity contribution is 0.0993. The van der Waals surface area contributed by atoms with Crippen LogP contribution in [-0.2, 0) is 0 Å². The number of rotatable bonds is 2. The van der Waals surface area contributed by atoms with Crippen molar-refractivity contribution >= 4 is 33.2 Å². The molecule has 4 nitrogen and oxygen atoms in total. The van der Waals surface area contributed by atoms with Crippen molar-refractivity contribution in [2.75, 3.05) is 17.7 Å². The number of hydrogen-bond donors (Lipinski definition) is 2. The minimum absolute atomic E-state index is 0.117. The van der Waals surface area contributed by atoms with Crippen LogP contribution in [-0.4, -0.2) is 18.1 Å². The summed E-state index contributed by atoms with van der Waals surface area (Å²) in [6.07, 6.45) is 0. The number of aromatic hydroxyl groups is 1. The van der Waals surface area contributed by atoms with Crippen molar-refractivity contribution in [3.05, 3.63) is 52.5 Å². The van der Waals surface area contributed by atoms with Gasteiger partial charge in [0.1, 0.15) is 5.75 Å². The highest BCUT2D eigenvalue weighted by atomic mass is 79.9. The van der Waals surface area contributed by atoms with Gasteiger partial charge in [-0.25, -0.2) is 0 Å². The summed E-state index contributed by atoms with van der Waals surface area (Å²) < 4.78 is 0.750. The Bertz CT molecular complexity index is 608. The zero-order valence-electron chi connectivity index (χ0n) is 10.3. The van der Waals surface area contributed by atoms with Crippen LogP contribution >= 0.6 is 15.9 Å². The molecule has 0 fully saturated rings. The molecule has 0 unspecified atom stereocenters. The van der Waals surface area contributed by atoms with E-state index >= 15 is 0 Å². The summed E-state index contributed by atoms with van der Waals surface area (Å²) in [5.74, 6) is -0.0792. The third-order valence-electron chi connectivity index (χ3n) is 2.69. The van der Waals surface area contributed by atoms with Crippen molar-refractivity contribution in [3.63, 3.8) is 0 Å². The van der Waals surface area contributed by atoms with Crippen LogP contribution in [0.1, 0.15) is 10.4 Å². The van der Waals surface area contributed by atoms with Crippen molar-refractivity contribution in [1.29, 1.82) is 0 Å². The molecule has 2 aromatic rings. The van der Waals surface area contributed by atoms with Crippen molar-refractivity contribution in [1.82, 2.24) is 0 Å². The lowest BCUT2D eigenvalue weighted by Gasteiger charge is -2.18. The van der Waals surface area contributed by atoms with Gasteiger partial charge < -0.3 is 15.7 Å². The van der Waals surface area contributed by atoms with Crippen LogP contribution < -0.4 is 10.6 Å². The van der Waals surface area contributed by atoms with Crippen molar-refractivity contribution < 1.29 is 9.90 Å². The first-order chi connectivity index (χ1) is 8.97. The molecule has 0 saturated carbocycles. The van der Waals surface area contributed by atoms with Gasteiger partial charge in [-0.2, -0.15) is 0 Å². The average molecular weight is 321 g/mol. The molecule has 0 aliphatic carbocycles. The van der Waals surface area contributed by atoms with E-state index in [4.69, 9.17) is 5.73 Å². The zero-order valence-corrected chi connectivity index (χ0v) is 11.9. The van der Waals surface area contributed by atoms with Gasteiger partial charge in [0.25, 0.3) is 5.91 Å². The smallest absolute Gasteiger partial charge is 0.258 e. The monoisotopic (exact) mass is 320 g/mol. The highest BCUT2D eigenvalue weighted by Crippen LogP contribution is 2.23. The van der Waals surface area contributed by atoms with E-state index in [1.54, 1.807) is 43.4 Å². The van der Waals surface area contributed by atoms with Gasteiger partial charge in [0, 0.05) is 34.5 Å². The van der Waals surface area contributed by atoms with Crippen LogP contribution in [0, 0.1) is 0 Å². The van der Waals surface area contributed by atoms with Gasteiger partial charge in [-0.1, -0.05) is 22.0 Å². The normalized spacial score (nSPS) is 10.2. The van der Waals surface area contributed by atoms with Gasteiger partial charge in [-0.15, -0.1) is 0 Å². The number of phenols is 1. The lowest BCUT2D eigenvalue weighted by Crippen LogP contribution is -2.26. The van der Waals surface area contributed by atoms with Crippen LogP contribution in [0.2, 0.25) is 0 Å². The van der Waals surface area contributed by atoms with Gasteiger partial charge in [0.15, 0.2) is 0 Å². The second kappa shape index (κ2) is 5.32. The van der Waals surface area contributed by atoms with Gasteiger partial charge in [-0.05, 0) is 30.3 Å². The number of phenolic OH excluding ortho intramolecular Hbond substituents is 1. The number of carbonyl (C=O) groups excluding carboxylic acids is 1. The van der Waals surface area contributed by atoms with Crippen molar-refractivity contribution in [2.24, 2.45) is 0 Å². The molecule has 0 atom stereocenters. The largest absolute Gasteiger partial charge is 0.508 e. The number of anilines is 2. The summed E-state index contributed by atoms with van der Waals surface area (Å²) in [7, 11) is 1.65. The van der Waals surface area contributed by atoms with Gasteiger partial charge in [0.05, 0.1) is 0 Å². The number of hydrogen-bond acceptors (Lipinski definition) is 3. The molecule has 0 aliphatic heterocycles. The Morgan fingerprint density at radius 1 is 1.26 bits per heavy atom. The maximum atomic E-state index is 12.3. The van der Waals surface area contributed by atoms with Gasteiger partial charge >= 0.3 is 0 Å². The molecule has 5 heteroatoms. The number of nitrogen functional groups attached to an aromatic ring is 1. The Hall–Kier alpha value is -2.01. The van der Waals surface area contributed by atoms with E-state index in [-0.39, 0.29) is 11.7 Å². The van der Waals surface area contributed by atoms with E-state index in [2.05, 4.69) is 15.9 Å². The Kier molecular flexibility index (Phi) is 3.76. The third kappa shape index (κ3) is 3.06. The second-order valence-electron chi connectivity index (χ2n) is 4.16. The minimum atomic E-state index is -0.196. The molecule has 2 rings (SSSR count). The molecular formula is C14H13BrN2O2. The average Bonchev–Trinajstić information content (AvgIpc) is 2.36. The van der Waals surface area contributed by atoms with E-state index in [0.29, 0.717) is 16.9 Å². The number of halogens is 1. The van der Waals surface area contributed by atoms with E-state index in [9.17, 15) is 9.90 Å². The van der Waals surface area contributed by atoms with Crippen LogP contribution in [0.25, 0.3) is 0 Å². The quantitative estimate of drug-likeness (QED) is 0.836. The topological polar surface area (TPSA) is 66.6 Å². The van der Waals surface area contributed by atoms with Gasteiger partial charge in [-0.3, -0.25) is 4.79 Å². The Morgan fingerprint density at radius 3 is 2.63 bits per heavy atom. The molecule has 0 heterocycles. The van der Waals surface area contributed by atoms with E-state index < -0.39 is 0 Å². The molecule has 0 saturated heterocycles. The van der Waals surface area contributed by atoms with Gasteiger partial charge in [0.2, 0.25) is 0 Å². The standard InChI is InChI=1S/C14H13BrN2O2/c1-17(12-3-2-4-13(18)8-12)14(19)9-5-10(15)7-11(16)6-9/h2-8,18H,16H2,1H3. The minimum Gasteiger partial charge on any atom is -0.508 e. The summed E-state index contributed by atoms with van der Waals surface area (Å²) in [6.45, 7) is 0. The Balaban J connectivity index is 2.33. The Morgan fingerprint density at radius 2 is 2.00 bits per heavy atom. The molecule has 2 aromatic carbocycles. The second-order valence-corrected chi connectivity index (χ2v) is 5.07. The molecule has 0 spiro atoms. The first kappa shape index (κ1) is 13.4. The van der Waals surface area contributed by atoms with E-state index in [1.807, 2.05) is 0 Å². The zero-order chi connectivity index (χ0) is 14.0. The molecular weight excluding hydrogens is 308 g/mol. The predicted molar refractivity (Wildman–Crippen MR) is 79.4 cm³/mol. The fraction of sp³-hybridized carbons (Fsp3) is 0.0714. The number of amides is 1. The summed E-state index contributed by atoms with van der Waals surface area (Å²) in [6, 6.07) is 11.6. The van der Waals surface area contributed by atoms with Crippen molar-refractivity contribution in [3.8, 4) is 5.75 Å². The highest BCUT2D eigenvalue weighted by molar-refractivity contribution is 9.10. The Labute approximate surface area is 119 Å². The molecule has 1 amide bonds. The maximum Gasteiger partial charge on any atom is 0.258 e. The van der Waals surface area contributed by atoms with Crippen molar-refractivity contribution in [2.45, 2.75) is 0 Å². The number of nitrogens with zero attached hydrogens (tertiary/aromatic N) is 1. The molecule has 0 aromatic heterocycles. The first-order valence-electron chi connectivity index (χ1n) is 5.60. The molecule has 19 heavy (non-hydrogen) atoms. The van der Waals surface area contributed by atoms with E-state index in [1.165, 1.54) is 11.0 Å². The molecule has 0 aliphatic rings. The summed E-state index contributed by atoms with van der Waals surface area (Å²) in [5, 5.41) is 9.44. The maximum absolute atomic E-state index is 12.3.